The van der Waals surface area contributed by atoms with Crippen LogP contribution in [0, 0.1) is 0 Å². The molecule has 124 valence electrons. The lowest BCUT2D eigenvalue weighted by molar-refractivity contribution is 0.191. The van der Waals surface area contributed by atoms with Crippen LogP contribution in [0.1, 0.15) is 24.7 Å². The third-order valence-electron chi connectivity index (χ3n) is 4.77. The summed E-state index contributed by atoms with van der Waals surface area (Å²) in [7, 11) is 0. The Morgan fingerprint density at radius 2 is 1.88 bits per heavy atom. The van der Waals surface area contributed by atoms with Gasteiger partial charge in [0.15, 0.2) is 5.89 Å². The number of rotatable bonds is 5. The maximum Gasteiger partial charge on any atom is 0.197 e. The molecule has 1 saturated heterocycles. The quantitative estimate of drug-likeness (QED) is 0.722. The van der Waals surface area contributed by atoms with Crippen molar-refractivity contribution in [2.75, 3.05) is 19.6 Å². The first-order valence-electron chi connectivity index (χ1n) is 8.58. The summed E-state index contributed by atoms with van der Waals surface area (Å²) in [6, 6.07) is 10.4. The molecule has 5 heteroatoms. The SMILES string of the molecule is c1ccc(-c2cnn(CCN3CCC(c4ncco4)CC3)c2)cc1. The Labute approximate surface area is 141 Å². The van der Waals surface area contributed by atoms with Crippen LogP contribution in [0.2, 0.25) is 0 Å². The molecule has 3 heterocycles. The van der Waals surface area contributed by atoms with Crippen molar-refractivity contribution in [3.05, 3.63) is 61.1 Å². The normalized spacial score (nSPS) is 16.5. The lowest BCUT2D eigenvalue weighted by atomic mass is 9.97. The standard InChI is InChI=1S/C19H22N4O/c1-2-4-16(5-3-1)18-14-21-23(15-18)12-11-22-9-6-17(7-10-22)19-20-8-13-24-19/h1-5,8,13-15,17H,6-7,9-12H2. The summed E-state index contributed by atoms with van der Waals surface area (Å²) >= 11 is 0. The summed E-state index contributed by atoms with van der Waals surface area (Å²) < 4.78 is 7.48. The average molecular weight is 322 g/mol. The highest BCUT2D eigenvalue weighted by Gasteiger charge is 2.23. The van der Waals surface area contributed by atoms with E-state index in [0.29, 0.717) is 5.92 Å². The second-order valence-electron chi connectivity index (χ2n) is 6.34. The highest BCUT2D eigenvalue weighted by molar-refractivity contribution is 5.61. The first-order chi connectivity index (χ1) is 11.9. The summed E-state index contributed by atoms with van der Waals surface area (Å²) in [5.41, 5.74) is 2.40. The molecule has 1 fully saturated rings. The van der Waals surface area contributed by atoms with E-state index in [0.717, 1.165) is 44.9 Å². The molecule has 1 aliphatic rings. The van der Waals surface area contributed by atoms with E-state index >= 15 is 0 Å². The van der Waals surface area contributed by atoms with Crippen molar-refractivity contribution in [1.29, 1.82) is 0 Å². The van der Waals surface area contributed by atoms with Gasteiger partial charge in [-0.05, 0) is 31.5 Å². The summed E-state index contributed by atoms with van der Waals surface area (Å²) in [5, 5.41) is 4.50. The van der Waals surface area contributed by atoms with Gasteiger partial charge in [-0.15, -0.1) is 0 Å². The number of oxazole rings is 1. The molecule has 4 rings (SSSR count). The Balaban J connectivity index is 1.28. The molecule has 0 spiro atoms. The van der Waals surface area contributed by atoms with Crippen LogP contribution in [0.15, 0.2) is 59.6 Å². The number of hydrogen-bond acceptors (Lipinski definition) is 4. The van der Waals surface area contributed by atoms with E-state index in [1.54, 1.807) is 12.5 Å². The van der Waals surface area contributed by atoms with Crippen LogP contribution in [0.25, 0.3) is 11.1 Å². The molecule has 5 nitrogen and oxygen atoms in total. The minimum absolute atomic E-state index is 0.477. The highest BCUT2D eigenvalue weighted by atomic mass is 16.3. The van der Waals surface area contributed by atoms with Gasteiger partial charge in [-0.3, -0.25) is 4.68 Å². The fourth-order valence-corrected chi connectivity index (χ4v) is 3.35. The Kier molecular flexibility index (Phi) is 4.42. The summed E-state index contributed by atoms with van der Waals surface area (Å²) in [4.78, 5) is 6.79. The molecule has 0 unspecified atom stereocenters. The average Bonchev–Trinajstić information content (AvgIpc) is 3.33. The minimum atomic E-state index is 0.477. The fourth-order valence-electron chi connectivity index (χ4n) is 3.35. The summed E-state index contributed by atoms with van der Waals surface area (Å²) in [5.74, 6) is 1.37. The highest BCUT2D eigenvalue weighted by Crippen LogP contribution is 2.26. The zero-order valence-corrected chi connectivity index (χ0v) is 13.7. The van der Waals surface area contributed by atoms with Gasteiger partial charge in [0, 0.05) is 24.2 Å². The number of benzene rings is 1. The van der Waals surface area contributed by atoms with Crippen LogP contribution in [-0.4, -0.2) is 39.3 Å². The second kappa shape index (κ2) is 7.01. The second-order valence-corrected chi connectivity index (χ2v) is 6.34. The van der Waals surface area contributed by atoms with Gasteiger partial charge in [0.2, 0.25) is 0 Å². The zero-order chi connectivity index (χ0) is 16.2. The van der Waals surface area contributed by atoms with Crippen molar-refractivity contribution in [2.45, 2.75) is 25.3 Å². The molecule has 0 aliphatic carbocycles. The van der Waals surface area contributed by atoms with E-state index in [4.69, 9.17) is 4.42 Å². The topological polar surface area (TPSA) is 47.1 Å². The van der Waals surface area contributed by atoms with Crippen LogP contribution in [0.5, 0.6) is 0 Å². The molecular weight excluding hydrogens is 300 g/mol. The Morgan fingerprint density at radius 3 is 2.62 bits per heavy atom. The van der Waals surface area contributed by atoms with E-state index in [9.17, 15) is 0 Å². The van der Waals surface area contributed by atoms with Crippen LogP contribution in [0.4, 0.5) is 0 Å². The predicted octanol–water partition coefficient (Wildman–Crippen LogP) is 3.42. The molecule has 0 atom stereocenters. The van der Waals surface area contributed by atoms with E-state index in [2.05, 4.69) is 45.4 Å². The van der Waals surface area contributed by atoms with Crippen molar-refractivity contribution >= 4 is 0 Å². The van der Waals surface area contributed by atoms with Gasteiger partial charge < -0.3 is 9.32 Å². The van der Waals surface area contributed by atoms with E-state index in [1.807, 2.05) is 16.9 Å². The van der Waals surface area contributed by atoms with Crippen LogP contribution in [0.3, 0.4) is 0 Å². The maximum absolute atomic E-state index is 5.44. The first kappa shape index (κ1) is 15.1. The molecule has 0 saturated carbocycles. The minimum Gasteiger partial charge on any atom is -0.449 e. The number of likely N-dealkylation sites (tertiary alicyclic amines) is 1. The van der Waals surface area contributed by atoms with Crippen molar-refractivity contribution in [3.63, 3.8) is 0 Å². The smallest absolute Gasteiger partial charge is 0.197 e. The molecular formula is C19H22N4O. The van der Waals surface area contributed by atoms with E-state index in [-0.39, 0.29) is 0 Å². The summed E-state index contributed by atoms with van der Waals surface area (Å²) in [6.07, 6.45) is 9.73. The van der Waals surface area contributed by atoms with Gasteiger partial charge in [-0.25, -0.2) is 4.98 Å². The number of nitrogens with zero attached hydrogens (tertiary/aromatic N) is 4. The van der Waals surface area contributed by atoms with Crippen LogP contribution >= 0.6 is 0 Å². The molecule has 0 amide bonds. The zero-order valence-electron chi connectivity index (χ0n) is 13.7. The van der Waals surface area contributed by atoms with Crippen molar-refractivity contribution in [1.82, 2.24) is 19.7 Å². The van der Waals surface area contributed by atoms with Gasteiger partial charge in [0.05, 0.1) is 18.9 Å². The lowest BCUT2D eigenvalue weighted by Crippen LogP contribution is -2.35. The molecule has 3 aromatic rings. The largest absolute Gasteiger partial charge is 0.449 e. The van der Waals surface area contributed by atoms with Crippen molar-refractivity contribution in [3.8, 4) is 11.1 Å². The molecule has 2 aromatic heterocycles. The van der Waals surface area contributed by atoms with Crippen LogP contribution < -0.4 is 0 Å². The molecule has 0 bridgehead atoms. The number of hydrogen-bond donors (Lipinski definition) is 0. The van der Waals surface area contributed by atoms with Gasteiger partial charge in [-0.2, -0.15) is 5.10 Å². The van der Waals surface area contributed by atoms with E-state index < -0.39 is 0 Å². The summed E-state index contributed by atoms with van der Waals surface area (Å²) in [6.45, 7) is 4.16. The van der Waals surface area contributed by atoms with Gasteiger partial charge in [0.25, 0.3) is 0 Å². The molecule has 24 heavy (non-hydrogen) atoms. The third-order valence-corrected chi connectivity index (χ3v) is 4.77. The fraction of sp³-hybridized carbons (Fsp3) is 0.368. The van der Waals surface area contributed by atoms with Gasteiger partial charge >= 0.3 is 0 Å². The van der Waals surface area contributed by atoms with Crippen molar-refractivity contribution in [2.24, 2.45) is 0 Å². The van der Waals surface area contributed by atoms with Gasteiger partial charge in [-0.1, -0.05) is 30.3 Å². The predicted molar refractivity (Wildman–Crippen MR) is 92.6 cm³/mol. The number of piperidine rings is 1. The molecule has 1 aromatic carbocycles. The Bertz CT molecular complexity index is 743. The Hall–Kier alpha value is -2.40. The monoisotopic (exact) mass is 322 g/mol. The molecule has 0 radical (unpaired) electrons. The number of aromatic nitrogens is 3. The lowest BCUT2D eigenvalue weighted by Gasteiger charge is -2.30. The molecule has 0 N–H and O–H groups in total. The van der Waals surface area contributed by atoms with Gasteiger partial charge in [0.1, 0.15) is 6.26 Å². The van der Waals surface area contributed by atoms with Crippen LogP contribution in [-0.2, 0) is 6.54 Å². The maximum atomic E-state index is 5.44. The van der Waals surface area contributed by atoms with E-state index in [1.165, 1.54) is 11.1 Å². The third kappa shape index (κ3) is 3.41. The van der Waals surface area contributed by atoms with Crippen molar-refractivity contribution < 1.29 is 4.42 Å². The molecule has 1 aliphatic heterocycles. The Morgan fingerprint density at radius 1 is 1.04 bits per heavy atom. The first-order valence-corrected chi connectivity index (χ1v) is 8.58.